The second-order valence-corrected chi connectivity index (χ2v) is 11.0. The first-order chi connectivity index (χ1) is 19.2. The highest BCUT2D eigenvalue weighted by atomic mass is 35.5. The fraction of sp³-hybridized carbons (Fsp3) is 0.500. The maximum atomic E-state index is 12.7. The van der Waals surface area contributed by atoms with Crippen LogP contribution in [0.2, 0.25) is 10.0 Å². The average molecular weight is 595 g/mol. The minimum atomic E-state index is -0.767. The number of aldehydes is 1. The molecule has 1 aliphatic carbocycles. The number of rotatable bonds is 11. The summed E-state index contributed by atoms with van der Waals surface area (Å²) in [5.41, 5.74) is 1.77. The second-order valence-electron chi connectivity index (χ2n) is 10.2. The van der Waals surface area contributed by atoms with E-state index in [4.69, 9.17) is 27.9 Å². The van der Waals surface area contributed by atoms with E-state index in [-0.39, 0.29) is 35.4 Å². The number of carbonyl (C=O) groups excluding carboxylic acids is 3. The molecule has 1 aromatic carbocycles. The first kappa shape index (κ1) is 31.6. The summed E-state index contributed by atoms with van der Waals surface area (Å²) in [6.07, 6.45) is 4.51. The van der Waals surface area contributed by atoms with Crippen LogP contribution in [0.3, 0.4) is 0 Å². The molecule has 1 saturated heterocycles. The van der Waals surface area contributed by atoms with E-state index in [1.54, 1.807) is 20.3 Å². The number of nitrogens with one attached hydrogen (secondary N) is 3. The highest BCUT2D eigenvalue weighted by molar-refractivity contribution is 6.35. The Bertz CT molecular complexity index is 1150. The number of pyridine rings is 1. The van der Waals surface area contributed by atoms with Crippen molar-refractivity contribution in [2.45, 2.75) is 51.3 Å². The van der Waals surface area contributed by atoms with Crippen LogP contribution in [-0.2, 0) is 20.9 Å². The summed E-state index contributed by atoms with van der Waals surface area (Å²) >= 11 is 12.0. The van der Waals surface area contributed by atoms with Gasteiger partial charge >= 0.3 is 6.03 Å². The monoisotopic (exact) mass is 593 g/mol. The van der Waals surface area contributed by atoms with Crippen molar-refractivity contribution in [2.75, 3.05) is 39.2 Å². The summed E-state index contributed by atoms with van der Waals surface area (Å²) in [4.78, 5) is 42.0. The van der Waals surface area contributed by atoms with Crippen LogP contribution in [0.1, 0.15) is 38.2 Å². The summed E-state index contributed by atoms with van der Waals surface area (Å²) in [7, 11) is 3.25. The fourth-order valence-corrected chi connectivity index (χ4v) is 5.43. The van der Waals surface area contributed by atoms with Gasteiger partial charge in [0.25, 0.3) is 5.91 Å². The Morgan fingerprint density at radius 3 is 2.60 bits per heavy atom. The van der Waals surface area contributed by atoms with Gasteiger partial charge in [-0.2, -0.15) is 0 Å². The molecule has 0 bridgehead atoms. The van der Waals surface area contributed by atoms with Crippen LogP contribution < -0.4 is 20.7 Å². The van der Waals surface area contributed by atoms with Crippen LogP contribution in [0, 0.1) is 5.41 Å². The Balaban J connectivity index is 0.00000141. The minimum Gasteiger partial charge on any atom is -0.463 e. The summed E-state index contributed by atoms with van der Waals surface area (Å²) in [5.74, 6) is -0.152. The van der Waals surface area contributed by atoms with E-state index in [0.29, 0.717) is 29.0 Å². The summed E-state index contributed by atoms with van der Waals surface area (Å²) in [6.45, 7) is 4.92. The normalized spacial score (nSPS) is 16.4. The van der Waals surface area contributed by atoms with E-state index in [9.17, 15) is 14.4 Å². The van der Waals surface area contributed by atoms with Crippen molar-refractivity contribution in [2.24, 2.45) is 5.41 Å². The van der Waals surface area contributed by atoms with E-state index in [1.807, 2.05) is 25.1 Å². The fourth-order valence-electron chi connectivity index (χ4n) is 5.00. The van der Waals surface area contributed by atoms with Gasteiger partial charge in [-0.1, -0.05) is 42.3 Å². The van der Waals surface area contributed by atoms with Crippen molar-refractivity contribution in [1.82, 2.24) is 20.5 Å². The molecule has 40 heavy (non-hydrogen) atoms. The number of benzene rings is 1. The number of methoxy groups -OCH3 is 1. The van der Waals surface area contributed by atoms with Crippen LogP contribution >= 0.6 is 23.2 Å². The van der Waals surface area contributed by atoms with Crippen LogP contribution in [0.4, 0.5) is 10.5 Å². The van der Waals surface area contributed by atoms with E-state index < -0.39 is 6.10 Å². The van der Waals surface area contributed by atoms with Crippen LogP contribution in [0.5, 0.6) is 5.88 Å². The molecule has 2 fully saturated rings. The third-order valence-corrected chi connectivity index (χ3v) is 7.20. The molecule has 10 nitrogen and oxygen atoms in total. The molecule has 218 valence electrons. The van der Waals surface area contributed by atoms with Gasteiger partial charge in [0, 0.05) is 64.7 Å². The van der Waals surface area contributed by atoms with Gasteiger partial charge < -0.3 is 35.1 Å². The predicted octanol–water partition coefficient (Wildman–Crippen LogP) is 4.30. The number of hydrogen-bond donors (Lipinski definition) is 3. The molecular formula is C28H37Cl2N5O5. The Morgan fingerprint density at radius 2 is 1.95 bits per heavy atom. The van der Waals surface area contributed by atoms with Crippen molar-refractivity contribution >= 4 is 47.1 Å². The number of anilines is 1. The van der Waals surface area contributed by atoms with Gasteiger partial charge in [0.05, 0.1) is 5.02 Å². The number of ether oxygens (including phenoxy) is 2. The molecule has 3 N–H and O–H groups in total. The quantitative estimate of drug-likeness (QED) is 0.332. The largest absolute Gasteiger partial charge is 0.463 e. The lowest BCUT2D eigenvalue weighted by molar-refractivity contribution is -0.128. The lowest BCUT2D eigenvalue weighted by atomic mass is 9.60. The SMILES string of the molecule is CCC(Oc1ncc(Cl)cc1Cl)C(=O)NCc1cccc(NC(=O)NC2CC3(C2)CN(CCC=O)C3)c1.COC. The van der Waals surface area contributed by atoms with Gasteiger partial charge in [0.2, 0.25) is 5.88 Å². The molecule has 1 atom stereocenters. The van der Waals surface area contributed by atoms with Crippen molar-refractivity contribution in [3.05, 3.63) is 52.1 Å². The molecule has 1 saturated carbocycles. The zero-order chi connectivity index (χ0) is 29.1. The molecule has 1 aromatic heterocycles. The maximum Gasteiger partial charge on any atom is 0.319 e. The van der Waals surface area contributed by atoms with E-state index in [2.05, 4.69) is 30.6 Å². The van der Waals surface area contributed by atoms with E-state index in [1.165, 1.54) is 12.3 Å². The highest BCUT2D eigenvalue weighted by Gasteiger charge is 2.52. The third-order valence-electron chi connectivity index (χ3n) is 6.72. The molecule has 1 spiro atoms. The molecule has 2 aliphatic rings. The van der Waals surface area contributed by atoms with Crippen molar-refractivity contribution in [3.8, 4) is 5.88 Å². The predicted molar refractivity (Wildman–Crippen MR) is 155 cm³/mol. The zero-order valence-corrected chi connectivity index (χ0v) is 24.6. The Morgan fingerprint density at radius 1 is 1.23 bits per heavy atom. The lowest BCUT2D eigenvalue weighted by Crippen LogP contribution is -2.66. The van der Waals surface area contributed by atoms with Crippen LogP contribution in [0.25, 0.3) is 0 Å². The average Bonchev–Trinajstić information content (AvgIpc) is 2.87. The van der Waals surface area contributed by atoms with Gasteiger partial charge in [-0.05, 0) is 48.4 Å². The zero-order valence-electron chi connectivity index (χ0n) is 23.0. The number of amides is 3. The molecule has 1 unspecified atom stereocenters. The number of likely N-dealkylation sites (tertiary alicyclic amines) is 1. The van der Waals surface area contributed by atoms with E-state index in [0.717, 1.165) is 44.3 Å². The first-order valence-corrected chi connectivity index (χ1v) is 13.9. The smallest absolute Gasteiger partial charge is 0.319 e. The topological polar surface area (TPSA) is 122 Å². The second kappa shape index (κ2) is 15.2. The number of hydrogen-bond acceptors (Lipinski definition) is 7. The number of urea groups is 1. The first-order valence-electron chi connectivity index (χ1n) is 13.2. The van der Waals surface area contributed by atoms with Crippen molar-refractivity contribution < 1.29 is 23.9 Å². The number of nitrogens with zero attached hydrogens (tertiary/aromatic N) is 2. The molecule has 12 heteroatoms. The Kier molecular flexibility index (Phi) is 12.0. The van der Waals surface area contributed by atoms with Gasteiger partial charge in [-0.25, -0.2) is 9.78 Å². The molecule has 3 amide bonds. The highest BCUT2D eigenvalue weighted by Crippen LogP contribution is 2.48. The molecule has 2 aromatic rings. The molecule has 0 radical (unpaired) electrons. The molecule has 2 heterocycles. The van der Waals surface area contributed by atoms with Gasteiger partial charge in [0.15, 0.2) is 6.10 Å². The molecular weight excluding hydrogens is 557 g/mol. The Labute approximate surface area is 245 Å². The third kappa shape index (κ3) is 9.05. The van der Waals surface area contributed by atoms with Crippen LogP contribution in [-0.4, -0.2) is 74.1 Å². The van der Waals surface area contributed by atoms with Gasteiger partial charge in [-0.3, -0.25) is 4.79 Å². The number of aromatic nitrogens is 1. The maximum absolute atomic E-state index is 12.7. The summed E-state index contributed by atoms with van der Waals surface area (Å²) in [6, 6.07) is 8.73. The minimum absolute atomic E-state index is 0.148. The van der Waals surface area contributed by atoms with Crippen molar-refractivity contribution in [1.29, 1.82) is 0 Å². The summed E-state index contributed by atoms with van der Waals surface area (Å²) < 4.78 is 9.93. The van der Waals surface area contributed by atoms with Crippen LogP contribution in [0.15, 0.2) is 36.5 Å². The number of carbonyl (C=O) groups is 3. The molecule has 4 rings (SSSR count). The molecule has 1 aliphatic heterocycles. The van der Waals surface area contributed by atoms with E-state index >= 15 is 0 Å². The Hall–Kier alpha value is -2.92. The van der Waals surface area contributed by atoms with Crippen molar-refractivity contribution in [3.63, 3.8) is 0 Å². The summed E-state index contributed by atoms with van der Waals surface area (Å²) in [5, 5.41) is 9.38. The number of halogens is 2. The standard InChI is InChI=1S/C26H31Cl2N5O4.C2H6O/c1-2-22(37-24-21(28)10-18(27)14-30-24)23(35)29-13-17-5-3-6-19(9-17)31-25(36)32-20-11-26(12-20)15-33(16-26)7-4-8-34;1-3-2/h3,5-6,8-10,14,20,22H,2,4,7,11-13,15-16H2,1H3,(H,29,35)(H2,31,32,36);1-2H3. The van der Waals surface area contributed by atoms with Gasteiger partial charge in [-0.15, -0.1) is 0 Å². The van der Waals surface area contributed by atoms with Gasteiger partial charge in [0.1, 0.15) is 11.3 Å². The lowest BCUT2D eigenvalue weighted by Gasteiger charge is -2.59.